The van der Waals surface area contributed by atoms with Crippen LogP contribution in [0.4, 0.5) is 0 Å². The number of para-hydroxylation sites is 1. The van der Waals surface area contributed by atoms with Crippen LogP contribution in [0.25, 0.3) is 33.5 Å². The molecule has 0 amide bonds. The highest BCUT2D eigenvalue weighted by Crippen LogP contribution is 2.31. The Morgan fingerprint density at radius 3 is 2.69 bits per heavy atom. The van der Waals surface area contributed by atoms with E-state index in [9.17, 15) is 0 Å². The summed E-state index contributed by atoms with van der Waals surface area (Å²) in [6, 6.07) is 21.9. The summed E-state index contributed by atoms with van der Waals surface area (Å²) in [6.45, 7) is 2.31. The number of hydrogen-bond donors (Lipinski definition) is 1. The molecular weight excluding hydrogens is 364 g/mol. The van der Waals surface area contributed by atoms with Crippen molar-refractivity contribution in [2.75, 3.05) is 0 Å². The van der Waals surface area contributed by atoms with Gasteiger partial charge in [-0.15, -0.1) is 0 Å². The molecule has 0 unspecified atom stereocenters. The second-order valence-electron chi connectivity index (χ2n) is 6.80. The Hall–Kier alpha value is -3.93. The van der Waals surface area contributed by atoms with Crippen molar-refractivity contribution < 1.29 is 9.26 Å². The van der Waals surface area contributed by atoms with Gasteiger partial charge in [0.2, 0.25) is 0 Å². The molecule has 6 heteroatoms. The third-order valence-electron chi connectivity index (χ3n) is 4.72. The lowest BCUT2D eigenvalue weighted by Gasteiger charge is -2.08. The van der Waals surface area contributed by atoms with Crippen LogP contribution in [0.1, 0.15) is 11.4 Å². The maximum absolute atomic E-state index is 5.91. The van der Waals surface area contributed by atoms with Crippen LogP contribution < -0.4 is 4.74 Å². The lowest BCUT2D eigenvalue weighted by molar-refractivity contribution is 0.302. The van der Waals surface area contributed by atoms with Gasteiger partial charge < -0.3 is 9.26 Å². The third kappa shape index (κ3) is 3.48. The number of aromatic amines is 1. The third-order valence-corrected chi connectivity index (χ3v) is 4.72. The molecule has 0 saturated carbocycles. The summed E-state index contributed by atoms with van der Waals surface area (Å²) in [6.07, 6.45) is 1.74. The predicted octanol–water partition coefficient (Wildman–Crippen LogP) is 5.17. The molecule has 0 aliphatic heterocycles. The Balaban J connectivity index is 1.32. The number of nitrogens with one attached hydrogen (secondary N) is 1. The molecule has 3 heterocycles. The largest absolute Gasteiger partial charge is 0.487 e. The lowest BCUT2D eigenvalue weighted by Crippen LogP contribution is -1.98. The van der Waals surface area contributed by atoms with Crippen molar-refractivity contribution in [3.8, 4) is 28.3 Å². The van der Waals surface area contributed by atoms with Crippen LogP contribution in [0.5, 0.6) is 5.75 Å². The van der Waals surface area contributed by atoms with E-state index in [-0.39, 0.29) is 0 Å². The van der Waals surface area contributed by atoms with E-state index in [0.717, 1.165) is 44.9 Å². The van der Waals surface area contributed by atoms with Crippen molar-refractivity contribution in [3.63, 3.8) is 0 Å². The highest BCUT2D eigenvalue weighted by Gasteiger charge is 2.14. The molecule has 5 aromatic rings. The standard InChI is InChI=1S/C23H18N4O2/c1-15-12-22(29-27-15)20-13-24-26-23(20)17-7-10-19(11-8-17)28-14-18-9-6-16-4-2-3-5-21(16)25-18/h2-13H,14H2,1H3,(H,24,26). The Kier molecular flexibility index (Phi) is 4.29. The van der Waals surface area contributed by atoms with E-state index in [1.165, 1.54) is 0 Å². The van der Waals surface area contributed by atoms with Crippen molar-refractivity contribution in [2.45, 2.75) is 13.5 Å². The van der Waals surface area contributed by atoms with Crippen molar-refractivity contribution in [3.05, 3.63) is 84.3 Å². The molecule has 0 radical (unpaired) electrons. The molecule has 5 rings (SSSR count). The summed E-state index contributed by atoms with van der Waals surface area (Å²) in [5.41, 5.74) is 5.44. The molecule has 0 bridgehead atoms. The summed E-state index contributed by atoms with van der Waals surface area (Å²) >= 11 is 0. The Morgan fingerprint density at radius 1 is 1.00 bits per heavy atom. The summed E-state index contributed by atoms with van der Waals surface area (Å²) in [7, 11) is 0. The van der Waals surface area contributed by atoms with Gasteiger partial charge in [0.15, 0.2) is 5.76 Å². The molecule has 2 aromatic carbocycles. The fourth-order valence-electron chi connectivity index (χ4n) is 3.25. The van der Waals surface area contributed by atoms with Gasteiger partial charge in [-0.3, -0.25) is 5.10 Å². The monoisotopic (exact) mass is 382 g/mol. The van der Waals surface area contributed by atoms with E-state index >= 15 is 0 Å². The molecule has 1 N–H and O–H groups in total. The molecule has 29 heavy (non-hydrogen) atoms. The SMILES string of the molecule is Cc1cc(-c2cn[nH]c2-c2ccc(OCc3ccc4ccccc4n3)cc2)on1. The minimum absolute atomic E-state index is 0.414. The molecule has 3 aromatic heterocycles. The van der Waals surface area contributed by atoms with Crippen LogP contribution in [-0.2, 0) is 6.61 Å². The van der Waals surface area contributed by atoms with Crippen molar-refractivity contribution >= 4 is 10.9 Å². The Labute approximate surface area is 167 Å². The van der Waals surface area contributed by atoms with Gasteiger partial charge in [0, 0.05) is 17.0 Å². The molecule has 6 nitrogen and oxygen atoms in total. The van der Waals surface area contributed by atoms with E-state index in [0.29, 0.717) is 12.4 Å². The predicted molar refractivity (Wildman–Crippen MR) is 110 cm³/mol. The second-order valence-corrected chi connectivity index (χ2v) is 6.80. The van der Waals surface area contributed by atoms with E-state index in [2.05, 4.69) is 32.5 Å². The van der Waals surface area contributed by atoms with Gasteiger partial charge in [0.05, 0.1) is 34.4 Å². The number of aryl methyl sites for hydroxylation is 1. The zero-order valence-corrected chi connectivity index (χ0v) is 15.8. The first-order valence-corrected chi connectivity index (χ1v) is 9.31. The van der Waals surface area contributed by atoms with E-state index in [1.807, 2.05) is 61.5 Å². The van der Waals surface area contributed by atoms with E-state index < -0.39 is 0 Å². The molecule has 0 atom stereocenters. The van der Waals surface area contributed by atoms with Crippen LogP contribution >= 0.6 is 0 Å². The van der Waals surface area contributed by atoms with Crippen molar-refractivity contribution in [2.24, 2.45) is 0 Å². The number of pyridine rings is 1. The minimum atomic E-state index is 0.414. The fourth-order valence-corrected chi connectivity index (χ4v) is 3.25. The van der Waals surface area contributed by atoms with Crippen LogP contribution in [-0.4, -0.2) is 20.3 Å². The summed E-state index contributed by atoms with van der Waals surface area (Å²) in [5, 5.41) is 12.3. The first kappa shape index (κ1) is 17.2. The number of hydrogen-bond acceptors (Lipinski definition) is 5. The van der Waals surface area contributed by atoms with Crippen LogP contribution in [0.3, 0.4) is 0 Å². The molecule has 0 fully saturated rings. The Bertz CT molecular complexity index is 1270. The molecule has 0 aliphatic carbocycles. The number of rotatable bonds is 5. The number of ether oxygens (including phenoxy) is 1. The van der Waals surface area contributed by atoms with Gasteiger partial charge in [-0.1, -0.05) is 29.4 Å². The molecule has 0 saturated heterocycles. The van der Waals surface area contributed by atoms with Crippen molar-refractivity contribution in [1.82, 2.24) is 20.3 Å². The van der Waals surface area contributed by atoms with Crippen LogP contribution in [0, 0.1) is 6.92 Å². The summed E-state index contributed by atoms with van der Waals surface area (Å²) in [5.74, 6) is 1.47. The van der Waals surface area contributed by atoms with Gasteiger partial charge in [-0.2, -0.15) is 5.10 Å². The number of nitrogens with zero attached hydrogens (tertiary/aromatic N) is 3. The normalized spacial score (nSPS) is 11.1. The van der Waals surface area contributed by atoms with E-state index in [1.54, 1.807) is 6.20 Å². The average Bonchev–Trinajstić information content (AvgIpc) is 3.41. The summed E-state index contributed by atoms with van der Waals surface area (Å²) < 4.78 is 11.3. The van der Waals surface area contributed by atoms with E-state index in [4.69, 9.17) is 9.26 Å². The van der Waals surface area contributed by atoms with Gasteiger partial charge in [0.1, 0.15) is 12.4 Å². The zero-order chi connectivity index (χ0) is 19.6. The average molecular weight is 382 g/mol. The van der Waals surface area contributed by atoms with Gasteiger partial charge in [-0.25, -0.2) is 4.98 Å². The first-order chi connectivity index (χ1) is 14.3. The van der Waals surface area contributed by atoms with Gasteiger partial charge in [-0.05, 0) is 43.3 Å². The maximum atomic E-state index is 5.91. The Morgan fingerprint density at radius 2 is 1.86 bits per heavy atom. The smallest absolute Gasteiger partial charge is 0.170 e. The maximum Gasteiger partial charge on any atom is 0.170 e. The van der Waals surface area contributed by atoms with Crippen molar-refractivity contribution in [1.29, 1.82) is 0 Å². The lowest BCUT2D eigenvalue weighted by atomic mass is 10.1. The highest BCUT2D eigenvalue weighted by atomic mass is 16.5. The fraction of sp³-hybridized carbons (Fsp3) is 0.0870. The minimum Gasteiger partial charge on any atom is -0.487 e. The van der Waals surface area contributed by atoms with Gasteiger partial charge in [0.25, 0.3) is 0 Å². The number of fused-ring (bicyclic) bond motifs is 1. The van der Waals surface area contributed by atoms with Gasteiger partial charge >= 0.3 is 0 Å². The number of benzene rings is 2. The van der Waals surface area contributed by atoms with Crippen LogP contribution in [0.15, 0.2) is 77.4 Å². The first-order valence-electron chi connectivity index (χ1n) is 9.31. The zero-order valence-electron chi connectivity index (χ0n) is 15.8. The number of aromatic nitrogens is 4. The molecular formula is C23H18N4O2. The second kappa shape index (κ2) is 7.24. The molecule has 0 aliphatic rings. The topological polar surface area (TPSA) is 76.8 Å². The quantitative estimate of drug-likeness (QED) is 0.454. The summed E-state index contributed by atoms with van der Waals surface area (Å²) in [4.78, 5) is 4.64. The highest BCUT2D eigenvalue weighted by molar-refractivity contribution is 5.79. The molecule has 142 valence electrons. The molecule has 0 spiro atoms. The number of H-pyrrole nitrogens is 1. The van der Waals surface area contributed by atoms with Crippen LogP contribution in [0.2, 0.25) is 0 Å².